The summed E-state index contributed by atoms with van der Waals surface area (Å²) in [6.45, 7) is 7.36. The highest BCUT2D eigenvalue weighted by molar-refractivity contribution is 9.10. The van der Waals surface area contributed by atoms with E-state index in [4.69, 9.17) is 4.74 Å². The molecule has 0 spiro atoms. The lowest BCUT2D eigenvalue weighted by atomic mass is 10.1. The molecule has 0 aliphatic heterocycles. The molecule has 0 fully saturated rings. The van der Waals surface area contributed by atoms with Gasteiger partial charge in [0.05, 0.1) is 11.6 Å². The Balaban J connectivity index is 2.06. The Bertz CT molecular complexity index is 634. The van der Waals surface area contributed by atoms with Crippen LogP contribution in [-0.2, 0) is 13.6 Å². The molecule has 2 rings (SSSR count). The van der Waals surface area contributed by atoms with Gasteiger partial charge in [0, 0.05) is 31.0 Å². The summed E-state index contributed by atoms with van der Waals surface area (Å²) in [5, 5.41) is 3.59. The molecule has 1 N–H and O–H groups in total. The molecule has 2 aromatic rings. The number of ether oxygens (including phenoxy) is 1. The quantitative estimate of drug-likeness (QED) is 0.871. The summed E-state index contributed by atoms with van der Waals surface area (Å²) in [6, 6.07) is 8.74. The van der Waals surface area contributed by atoms with Crippen LogP contribution in [0.25, 0.3) is 0 Å². The molecular formula is C17H23BrN2O. The Morgan fingerprint density at radius 1 is 1.29 bits per heavy atom. The third-order valence-electron chi connectivity index (χ3n) is 4.15. The summed E-state index contributed by atoms with van der Waals surface area (Å²) < 4.78 is 8.49. The molecule has 3 nitrogen and oxygen atoms in total. The molecule has 1 heterocycles. The second-order valence-corrected chi connectivity index (χ2v) is 6.31. The maximum absolute atomic E-state index is 5.27. The van der Waals surface area contributed by atoms with Crippen LogP contribution in [0.3, 0.4) is 0 Å². The molecule has 4 heteroatoms. The largest absolute Gasteiger partial charge is 0.496 e. The number of halogens is 1. The van der Waals surface area contributed by atoms with Crippen molar-refractivity contribution in [2.45, 2.75) is 33.4 Å². The van der Waals surface area contributed by atoms with Crippen LogP contribution in [0.1, 0.15) is 35.5 Å². The second-order valence-electron chi connectivity index (χ2n) is 5.45. The van der Waals surface area contributed by atoms with Crippen LogP contribution in [0.15, 0.2) is 28.7 Å². The number of aromatic nitrogens is 1. The second kappa shape index (κ2) is 6.67. The molecule has 1 atom stereocenters. The van der Waals surface area contributed by atoms with Crippen molar-refractivity contribution < 1.29 is 4.74 Å². The van der Waals surface area contributed by atoms with Gasteiger partial charge in [0.1, 0.15) is 5.75 Å². The van der Waals surface area contributed by atoms with Crippen LogP contribution in [0.4, 0.5) is 0 Å². The molecule has 0 aliphatic carbocycles. The molecule has 114 valence electrons. The molecule has 0 bridgehead atoms. The number of hydrogen-bond donors (Lipinski definition) is 1. The number of benzene rings is 1. The minimum Gasteiger partial charge on any atom is -0.496 e. The summed E-state index contributed by atoms with van der Waals surface area (Å²) >= 11 is 3.54. The first-order chi connectivity index (χ1) is 9.93. The van der Waals surface area contributed by atoms with Gasteiger partial charge in [-0.25, -0.2) is 0 Å². The average Bonchev–Trinajstić information content (AvgIpc) is 2.72. The molecular weight excluding hydrogens is 328 g/mol. The number of nitrogens with one attached hydrogen (secondary N) is 1. The van der Waals surface area contributed by atoms with Gasteiger partial charge >= 0.3 is 0 Å². The predicted octanol–water partition coefficient (Wildman–Crippen LogP) is 4.26. The van der Waals surface area contributed by atoms with Crippen molar-refractivity contribution in [1.82, 2.24) is 9.88 Å². The SMILES string of the molecule is COc1ccc(C(C)NCc2cc(C)n(C)c2C)cc1Br. The number of methoxy groups -OCH3 is 1. The molecule has 21 heavy (non-hydrogen) atoms. The van der Waals surface area contributed by atoms with Crippen LogP contribution in [0.5, 0.6) is 5.75 Å². The van der Waals surface area contributed by atoms with Gasteiger partial charge in [-0.15, -0.1) is 0 Å². The van der Waals surface area contributed by atoms with Gasteiger partial charge in [-0.2, -0.15) is 0 Å². The van der Waals surface area contributed by atoms with Crippen LogP contribution < -0.4 is 10.1 Å². The Morgan fingerprint density at radius 3 is 2.52 bits per heavy atom. The monoisotopic (exact) mass is 350 g/mol. The zero-order valence-corrected chi connectivity index (χ0v) is 14.9. The van der Waals surface area contributed by atoms with E-state index >= 15 is 0 Å². The van der Waals surface area contributed by atoms with Gasteiger partial charge in [0.15, 0.2) is 0 Å². The zero-order valence-electron chi connectivity index (χ0n) is 13.3. The molecule has 1 unspecified atom stereocenters. The van der Waals surface area contributed by atoms with Crippen LogP contribution in [-0.4, -0.2) is 11.7 Å². The molecule has 0 saturated heterocycles. The molecule has 0 amide bonds. The van der Waals surface area contributed by atoms with Gasteiger partial charge in [0.25, 0.3) is 0 Å². The van der Waals surface area contributed by atoms with Crippen LogP contribution in [0, 0.1) is 13.8 Å². The number of rotatable bonds is 5. The van der Waals surface area contributed by atoms with E-state index in [1.165, 1.54) is 22.5 Å². The standard InChI is InChI=1S/C17H23BrN2O/c1-11-8-15(13(3)20(11)4)10-19-12(2)14-6-7-17(21-5)16(18)9-14/h6-9,12,19H,10H2,1-5H3. The normalized spacial score (nSPS) is 12.5. The third-order valence-corrected chi connectivity index (χ3v) is 4.77. The van der Waals surface area contributed by atoms with E-state index in [9.17, 15) is 0 Å². The predicted molar refractivity (Wildman–Crippen MR) is 90.8 cm³/mol. The summed E-state index contributed by atoms with van der Waals surface area (Å²) in [5.41, 5.74) is 5.22. The van der Waals surface area contributed by atoms with E-state index in [0.29, 0.717) is 0 Å². The van der Waals surface area contributed by atoms with Crippen molar-refractivity contribution in [3.63, 3.8) is 0 Å². The van der Waals surface area contributed by atoms with E-state index in [0.717, 1.165) is 16.8 Å². The maximum Gasteiger partial charge on any atom is 0.133 e. The lowest BCUT2D eigenvalue weighted by Crippen LogP contribution is -2.18. The number of aryl methyl sites for hydroxylation is 1. The van der Waals surface area contributed by atoms with E-state index in [1.54, 1.807) is 7.11 Å². The first-order valence-electron chi connectivity index (χ1n) is 7.12. The van der Waals surface area contributed by atoms with Crippen molar-refractivity contribution in [3.8, 4) is 5.75 Å². The van der Waals surface area contributed by atoms with Crippen molar-refractivity contribution in [2.75, 3.05) is 7.11 Å². The summed E-state index contributed by atoms with van der Waals surface area (Å²) in [7, 11) is 3.79. The molecule has 0 aliphatic rings. The highest BCUT2D eigenvalue weighted by Gasteiger charge is 2.10. The molecule has 0 radical (unpaired) electrons. The third kappa shape index (κ3) is 3.50. The number of nitrogens with zero attached hydrogens (tertiary/aromatic N) is 1. The molecule has 1 aromatic heterocycles. The summed E-state index contributed by atoms with van der Waals surface area (Å²) in [5.74, 6) is 0.862. The highest BCUT2D eigenvalue weighted by Crippen LogP contribution is 2.28. The minimum absolute atomic E-state index is 0.284. The average molecular weight is 351 g/mol. The van der Waals surface area contributed by atoms with Gasteiger partial charge in [-0.05, 0) is 66.0 Å². The zero-order chi connectivity index (χ0) is 15.6. The topological polar surface area (TPSA) is 26.2 Å². The highest BCUT2D eigenvalue weighted by atomic mass is 79.9. The smallest absolute Gasteiger partial charge is 0.133 e. The van der Waals surface area contributed by atoms with Crippen molar-refractivity contribution in [1.29, 1.82) is 0 Å². The number of hydrogen-bond acceptors (Lipinski definition) is 2. The first kappa shape index (κ1) is 16.1. The van der Waals surface area contributed by atoms with Crippen molar-refractivity contribution >= 4 is 15.9 Å². The first-order valence-corrected chi connectivity index (χ1v) is 7.92. The maximum atomic E-state index is 5.27. The van der Waals surface area contributed by atoms with Gasteiger partial charge < -0.3 is 14.6 Å². The van der Waals surface area contributed by atoms with Gasteiger partial charge in [0.2, 0.25) is 0 Å². The van der Waals surface area contributed by atoms with Gasteiger partial charge in [-0.1, -0.05) is 6.07 Å². The fraction of sp³-hybridized carbons (Fsp3) is 0.412. The lowest BCUT2D eigenvalue weighted by molar-refractivity contribution is 0.411. The summed E-state index contributed by atoms with van der Waals surface area (Å²) in [6.07, 6.45) is 0. The Hall–Kier alpha value is -1.26. The Morgan fingerprint density at radius 2 is 2.00 bits per heavy atom. The van der Waals surface area contributed by atoms with Gasteiger partial charge in [-0.3, -0.25) is 0 Å². The van der Waals surface area contributed by atoms with E-state index in [2.05, 4.69) is 71.8 Å². The van der Waals surface area contributed by atoms with E-state index in [1.807, 2.05) is 6.07 Å². The molecule has 1 aromatic carbocycles. The lowest BCUT2D eigenvalue weighted by Gasteiger charge is -2.16. The Labute approximate surface area is 135 Å². The summed E-state index contributed by atoms with van der Waals surface area (Å²) in [4.78, 5) is 0. The van der Waals surface area contributed by atoms with Crippen LogP contribution in [0.2, 0.25) is 0 Å². The fourth-order valence-electron chi connectivity index (χ4n) is 2.45. The van der Waals surface area contributed by atoms with Crippen LogP contribution >= 0.6 is 15.9 Å². The Kier molecular flexibility index (Phi) is 5.12. The van der Waals surface area contributed by atoms with E-state index < -0.39 is 0 Å². The van der Waals surface area contributed by atoms with Crippen molar-refractivity contribution in [3.05, 3.63) is 51.3 Å². The molecule has 0 saturated carbocycles. The fourth-order valence-corrected chi connectivity index (χ4v) is 3.00. The van der Waals surface area contributed by atoms with E-state index in [-0.39, 0.29) is 6.04 Å². The minimum atomic E-state index is 0.284. The van der Waals surface area contributed by atoms with Crippen molar-refractivity contribution in [2.24, 2.45) is 7.05 Å².